The number of rotatable bonds is 3. The average molecular weight is 273 g/mol. The summed E-state index contributed by atoms with van der Waals surface area (Å²) in [5.41, 5.74) is 1.10. The fourth-order valence-electron chi connectivity index (χ4n) is 2.18. The van der Waals surface area contributed by atoms with E-state index in [1.807, 2.05) is 24.3 Å². The largest absolute Gasteiger partial charge is 0.454 e. The Labute approximate surface area is 117 Å². The molecule has 2 aromatic rings. The van der Waals surface area contributed by atoms with Gasteiger partial charge in [0, 0.05) is 13.1 Å². The maximum Gasteiger partial charge on any atom is 0.165 e. The van der Waals surface area contributed by atoms with Gasteiger partial charge in [0.05, 0.1) is 12.7 Å². The number of morpholine rings is 1. The molecule has 2 aromatic carbocycles. The highest BCUT2D eigenvalue weighted by Gasteiger charge is 2.15. The highest BCUT2D eigenvalue weighted by Crippen LogP contribution is 2.26. The molecule has 1 fully saturated rings. The van der Waals surface area contributed by atoms with Gasteiger partial charge in [-0.05, 0) is 29.8 Å². The van der Waals surface area contributed by atoms with Gasteiger partial charge in [0.1, 0.15) is 5.75 Å². The van der Waals surface area contributed by atoms with Crippen LogP contribution in [0.2, 0.25) is 0 Å². The lowest BCUT2D eigenvalue weighted by Gasteiger charge is -2.24. The topological polar surface area (TPSA) is 30.5 Å². The zero-order valence-corrected chi connectivity index (χ0v) is 11.0. The third-order valence-electron chi connectivity index (χ3n) is 3.24. The van der Waals surface area contributed by atoms with Crippen LogP contribution >= 0.6 is 0 Å². The van der Waals surface area contributed by atoms with E-state index < -0.39 is 0 Å². The highest BCUT2D eigenvalue weighted by molar-refractivity contribution is 5.34. The van der Waals surface area contributed by atoms with E-state index in [4.69, 9.17) is 9.47 Å². The molecule has 1 unspecified atom stereocenters. The van der Waals surface area contributed by atoms with Crippen LogP contribution in [0, 0.1) is 5.82 Å². The monoisotopic (exact) mass is 273 g/mol. The SMILES string of the molecule is Fc1ccccc1Oc1ccc(C2CNCCO2)cc1. The molecule has 1 saturated heterocycles. The van der Waals surface area contributed by atoms with E-state index in [9.17, 15) is 4.39 Å². The number of benzene rings is 2. The first-order valence-corrected chi connectivity index (χ1v) is 6.67. The van der Waals surface area contributed by atoms with Crippen molar-refractivity contribution < 1.29 is 13.9 Å². The van der Waals surface area contributed by atoms with Crippen LogP contribution in [-0.4, -0.2) is 19.7 Å². The van der Waals surface area contributed by atoms with Gasteiger partial charge in [-0.2, -0.15) is 0 Å². The minimum Gasteiger partial charge on any atom is -0.454 e. The second-order valence-electron chi connectivity index (χ2n) is 4.67. The molecule has 0 aromatic heterocycles. The van der Waals surface area contributed by atoms with Crippen molar-refractivity contribution in [3.8, 4) is 11.5 Å². The van der Waals surface area contributed by atoms with Crippen LogP contribution in [0.4, 0.5) is 4.39 Å². The van der Waals surface area contributed by atoms with E-state index >= 15 is 0 Å². The Morgan fingerprint density at radius 3 is 2.60 bits per heavy atom. The Morgan fingerprint density at radius 2 is 1.90 bits per heavy atom. The summed E-state index contributed by atoms with van der Waals surface area (Å²) in [4.78, 5) is 0. The fraction of sp³-hybridized carbons (Fsp3) is 0.250. The molecule has 3 nitrogen and oxygen atoms in total. The molecule has 0 spiro atoms. The lowest BCUT2D eigenvalue weighted by Crippen LogP contribution is -2.33. The first kappa shape index (κ1) is 13.1. The predicted octanol–water partition coefficient (Wildman–Crippen LogP) is 3.28. The van der Waals surface area contributed by atoms with Crippen molar-refractivity contribution >= 4 is 0 Å². The summed E-state index contributed by atoms with van der Waals surface area (Å²) >= 11 is 0. The second-order valence-corrected chi connectivity index (χ2v) is 4.67. The van der Waals surface area contributed by atoms with Crippen molar-refractivity contribution in [2.45, 2.75) is 6.10 Å². The Morgan fingerprint density at radius 1 is 1.10 bits per heavy atom. The summed E-state index contributed by atoms with van der Waals surface area (Å²) in [7, 11) is 0. The Hall–Kier alpha value is -1.91. The Bertz CT molecular complexity index is 565. The minimum atomic E-state index is -0.364. The van der Waals surface area contributed by atoms with Gasteiger partial charge in [0.15, 0.2) is 11.6 Å². The molecule has 3 rings (SSSR count). The fourth-order valence-corrected chi connectivity index (χ4v) is 2.18. The first-order valence-electron chi connectivity index (χ1n) is 6.67. The van der Waals surface area contributed by atoms with Crippen LogP contribution in [0.25, 0.3) is 0 Å². The number of hydrogen-bond acceptors (Lipinski definition) is 3. The summed E-state index contributed by atoms with van der Waals surface area (Å²) in [6, 6.07) is 13.9. The zero-order chi connectivity index (χ0) is 13.8. The lowest BCUT2D eigenvalue weighted by atomic mass is 10.1. The Balaban J connectivity index is 1.71. The molecule has 20 heavy (non-hydrogen) atoms. The van der Waals surface area contributed by atoms with Crippen LogP contribution in [0.3, 0.4) is 0 Å². The lowest BCUT2D eigenvalue weighted by molar-refractivity contribution is 0.0277. The maximum absolute atomic E-state index is 13.5. The maximum atomic E-state index is 13.5. The Kier molecular flexibility index (Phi) is 3.95. The van der Waals surface area contributed by atoms with Gasteiger partial charge in [-0.1, -0.05) is 24.3 Å². The van der Waals surface area contributed by atoms with E-state index in [-0.39, 0.29) is 17.7 Å². The van der Waals surface area contributed by atoms with Crippen LogP contribution in [0.1, 0.15) is 11.7 Å². The second kappa shape index (κ2) is 6.03. The van der Waals surface area contributed by atoms with Gasteiger partial charge in [-0.15, -0.1) is 0 Å². The first-order chi connectivity index (χ1) is 9.83. The van der Waals surface area contributed by atoms with Crippen molar-refractivity contribution in [3.05, 3.63) is 59.9 Å². The van der Waals surface area contributed by atoms with Gasteiger partial charge in [0.2, 0.25) is 0 Å². The molecule has 1 heterocycles. The quantitative estimate of drug-likeness (QED) is 0.931. The van der Waals surface area contributed by atoms with E-state index in [0.29, 0.717) is 5.75 Å². The standard InChI is InChI=1S/C16H16FNO2/c17-14-3-1-2-4-15(14)20-13-7-5-12(6-8-13)16-11-18-9-10-19-16/h1-8,16,18H,9-11H2. The van der Waals surface area contributed by atoms with Gasteiger partial charge in [0.25, 0.3) is 0 Å². The normalized spacial score (nSPS) is 18.8. The molecule has 1 aliphatic rings. The third kappa shape index (κ3) is 2.98. The van der Waals surface area contributed by atoms with E-state index in [1.54, 1.807) is 18.2 Å². The average Bonchev–Trinajstić information content (AvgIpc) is 2.51. The summed E-state index contributed by atoms with van der Waals surface area (Å²) in [5, 5.41) is 3.29. The van der Waals surface area contributed by atoms with Crippen LogP contribution in [0.15, 0.2) is 48.5 Å². The smallest absolute Gasteiger partial charge is 0.165 e. The zero-order valence-electron chi connectivity index (χ0n) is 11.0. The molecule has 104 valence electrons. The molecule has 0 radical (unpaired) electrons. The highest BCUT2D eigenvalue weighted by atomic mass is 19.1. The number of para-hydroxylation sites is 1. The van der Waals surface area contributed by atoms with Crippen molar-refractivity contribution in [1.82, 2.24) is 5.32 Å². The van der Waals surface area contributed by atoms with E-state index in [2.05, 4.69) is 5.32 Å². The molecular formula is C16H16FNO2. The molecule has 1 atom stereocenters. The van der Waals surface area contributed by atoms with Crippen LogP contribution in [0.5, 0.6) is 11.5 Å². The minimum absolute atomic E-state index is 0.0752. The van der Waals surface area contributed by atoms with Crippen molar-refractivity contribution in [1.29, 1.82) is 0 Å². The number of ether oxygens (including phenoxy) is 2. The molecule has 4 heteroatoms. The molecule has 0 aliphatic carbocycles. The molecule has 0 amide bonds. The molecule has 1 aliphatic heterocycles. The van der Waals surface area contributed by atoms with Crippen LogP contribution < -0.4 is 10.1 Å². The molecule has 0 bridgehead atoms. The van der Waals surface area contributed by atoms with Gasteiger partial charge in [-0.25, -0.2) is 4.39 Å². The van der Waals surface area contributed by atoms with Crippen molar-refractivity contribution in [3.63, 3.8) is 0 Å². The van der Waals surface area contributed by atoms with Gasteiger partial charge < -0.3 is 14.8 Å². The summed E-state index contributed by atoms with van der Waals surface area (Å²) in [6.07, 6.45) is 0.0752. The van der Waals surface area contributed by atoms with E-state index in [0.717, 1.165) is 25.3 Å². The third-order valence-corrected chi connectivity index (χ3v) is 3.24. The predicted molar refractivity (Wildman–Crippen MR) is 74.5 cm³/mol. The van der Waals surface area contributed by atoms with Crippen LogP contribution in [-0.2, 0) is 4.74 Å². The van der Waals surface area contributed by atoms with Crippen molar-refractivity contribution in [2.24, 2.45) is 0 Å². The summed E-state index contributed by atoms with van der Waals surface area (Å²) in [6.45, 7) is 2.43. The van der Waals surface area contributed by atoms with Gasteiger partial charge in [-0.3, -0.25) is 0 Å². The molecular weight excluding hydrogens is 257 g/mol. The molecule has 1 N–H and O–H groups in total. The van der Waals surface area contributed by atoms with E-state index in [1.165, 1.54) is 6.07 Å². The number of nitrogens with one attached hydrogen (secondary N) is 1. The summed E-state index contributed by atoms with van der Waals surface area (Å²) < 4.78 is 24.7. The van der Waals surface area contributed by atoms with Crippen molar-refractivity contribution in [2.75, 3.05) is 19.7 Å². The van der Waals surface area contributed by atoms with Gasteiger partial charge >= 0.3 is 0 Å². The summed E-state index contributed by atoms with van der Waals surface area (Å²) in [5.74, 6) is 0.481. The molecule has 0 saturated carbocycles. The number of halogens is 1. The number of hydrogen-bond donors (Lipinski definition) is 1.